The molecule has 0 saturated carbocycles. The maximum atomic E-state index is 5.54. The second-order valence-electron chi connectivity index (χ2n) is 2.70. The Hall–Kier alpha value is -1.42. The number of hydrogen-bond donors (Lipinski definition) is 1. The van der Waals surface area contributed by atoms with Crippen LogP contribution in [0.1, 0.15) is 5.56 Å². The molecule has 2 rings (SSSR count). The number of ether oxygens (including phenoxy) is 3. The van der Waals surface area contributed by atoms with Crippen molar-refractivity contribution < 1.29 is 14.2 Å². The van der Waals surface area contributed by atoms with Crippen molar-refractivity contribution in [2.75, 3.05) is 13.9 Å². The smallest absolute Gasteiger partial charge is 0.231 e. The number of rotatable bonds is 2. The lowest BCUT2D eigenvalue weighted by Crippen LogP contribution is -2.00. The standard InChI is InChI=1S/C9H11NO3/c1-11-8-6(4-10)2-3-7-9(8)13-5-12-7/h2-3H,4-5,10H2,1H3. The van der Waals surface area contributed by atoms with Crippen molar-refractivity contribution in [1.82, 2.24) is 0 Å². The second-order valence-corrected chi connectivity index (χ2v) is 2.70. The quantitative estimate of drug-likeness (QED) is 0.736. The van der Waals surface area contributed by atoms with Crippen LogP contribution in [0.25, 0.3) is 0 Å². The van der Waals surface area contributed by atoms with Crippen molar-refractivity contribution in [2.24, 2.45) is 5.73 Å². The van der Waals surface area contributed by atoms with Gasteiger partial charge in [0, 0.05) is 12.1 Å². The lowest BCUT2D eigenvalue weighted by molar-refractivity contribution is 0.171. The van der Waals surface area contributed by atoms with Crippen molar-refractivity contribution in [3.8, 4) is 17.2 Å². The molecule has 0 atom stereocenters. The third-order valence-corrected chi connectivity index (χ3v) is 2.00. The molecule has 1 aromatic carbocycles. The highest BCUT2D eigenvalue weighted by Gasteiger charge is 2.20. The summed E-state index contributed by atoms with van der Waals surface area (Å²) in [6.45, 7) is 0.680. The molecule has 1 aliphatic rings. The normalized spacial score (nSPS) is 13.1. The Labute approximate surface area is 76.2 Å². The first-order chi connectivity index (χ1) is 6.36. The van der Waals surface area contributed by atoms with Crippen LogP contribution in [0.3, 0.4) is 0 Å². The van der Waals surface area contributed by atoms with Gasteiger partial charge < -0.3 is 19.9 Å². The van der Waals surface area contributed by atoms with Crippen LogP contribution in [-0.4, -0.2) is 13.9 Å². The van der Waals surface area contributed by atoms with Gasteiger partial charge in [-0.25, -0.2) is 0 Å². The highest BCUT2D eigenvalue weighted by atomic mass is 16.7. The molecule has 0 bridgehead atoms. The third kappa shape index (κ3) is 1.19. The van der Waals surface area contributed by atoms with Crippen LogP contribution < -0.4 is 19.9 Å². The Morgan fingerprint density at radius 1 is 1.46 bits per heavy atom. The molecule has 0 saturated heterocycles. The molecule has 1 heterocycles. The lowest BCUT2D eigenvalue weighted by Gasteiger charge is -2.08. The van der Waals surface area contributed by atoms with E-state index in [0.717, 1.165) is 5.56 Å². The summed E-state index contributed by atoms with van der Waals surface area (Å²) in [5, 5.41) is 0. The summed E-state index contributed by atoms with van der Waals surface area (Å²) in [6.07, 6.45) is 0. The fourth-order valence-corrected chi connectivity index (χ4v) is 1.37. The largest absolute Gasteiger partial charge is 0.492 e. The zero-order valence-electron chi connectivity index (χ0n) is 7.37. The van der Waals surface area contributed by atoms with Gasteiger partial charge in [-0.15, -0.1) is 0 Å². The van der Waals surface area contributed by atoms with Gasteiger partial charge in [0.1, 0.15) is 0 Å². The van der Waals surface area contributed by atoms with Crippen LogP contribution in [-0.2, 0) is 6.54 Å². The number of nitrogens with two attached hydrogens (primary N) is 1. The molecule has 0 radical (unpaired) electrons. The fourth-order valence-electron chi connectivity index (χ4n) is 1.37. The van der Waals surface area contributed by atoms with E-state index < -0.39 is 0 Å². The first-order valence-electron chi connectivity index (χ1n) is 4.02. The Morgan fingerprint density at radius 3 is 3.00 bits per heavy atom. The minimum Gasteiger partial charge on any atom is -0.492 e. The van der Waals surface area contributed by atoms with Gasteiger partial charge in [-0.05, 0) is 6.07 Å². The summed E-state index contributed by atoms with van der Waals surface area (Å²) in [7, 11) is 1.59. The Morgan fingerprint density at radius 2 is 2.31 bits per heavy atom. The molecule has 4 nitrogen and oxygen atoms in total. The van der Waals surface area contributed by atoms with Crippen LogP contribution in [0, 0.1) is 0 Å². The monoisotopic (exact) mass is 181 g/mol. The zero-order chi connectivity index (χ0) is 9.26. The zero-order valence-corrected chi connectivity index (χ0v) is 7.37. The van der Waals surface area contributed by atoms with Crippen LogP contribution in [0.5, 0.6) is 17.2 Å². The predicted octanol–water partition coefficient (Wildman–Crippen LogP) is 0.883. The summed E-state index contributed by atoms with van der Waals surface area (Å²) in [5.41, 5.74) is 6.47. The van der Waals surface area contributed by atoms with Gasteiger partial charge in [0.05, 0.1) is 7.11 Å². The Bertz CT molecular complexity index is 325. The average Bonchev–Trinajstić information content (AvgIpc) is 2.63. The molecular formula is C9H11NO3. The van der Waals surface area contributed by atoms with E-state index in [1.165, 1.54) is 0 Å². The molecule has 0 amide bonds. The molecule has 4 heteroatoms. The first kappa shape index (κ1) is 8.19. The molecule has 0 fully saturated rings. The summed E-state index contributed by atoms with van der Waals surface area (Å²) in [6, 6.07) is 3.72. The van der Waals surface area contributed by atoms with E-state index in [4.69, 9.17) is 19.9 Å². The maximum Gasteiger partial charge on any atom is 0.231 e. The highest BCUT2D eigenvalue weighted by molar-refractivity contribution is 5.56. The molecular weight excluding hydrogens is 170 g/mol. The van der Waals surface area contributed by atoms with Crippen molar-refractivity contribution >= 4 is 0 Å². The van der Waals surface area contributed by atoms with Crippen molar-refractivity contribution in [3.63, 3.8) is 0 Å². The molecule has 0 aliphatic carbocycles. The van der Waals surface area contributed by atoms with Gasteiger partial charge in [-0.3, -0.25) is 0 Å². The van der Waals surface area contributed by atoms with Crippen molar-refractivity contribution in [3.05, 3.63) is 17.7 Å². The van der Waals surface area contributed by atoms with Crippen molar-refractivity contribution in [1.29, 1.82) is 0 Å². The molecule has 70 valence electrons. The molecule has 0 spiro atoms. The van der Waals surface area contributed by atoms with Gasteiger partial charge in [0.15, 0.2) is 11.5 Å². The first-order valence-corrected chi connectivity index (χ1v) is 4.02. The fraction of sp³-hybridized carbons (Fsp3) is 0.333. The average molecular weight is 181 g/mol. The number of hydrogen-bond acceptors (Lipinski definition) is 4. The Balaban J connectivity index is 2.53. The number of methoxy groups -OCH3 is 1. The lowest BCUT2D eigenvalue weighted by atomic mass is 10.2. The van der Waals surface area contributed by atoms with Crippen LogP contribution in [0.4, 0.5) is 0 Å². The van der Waals surface area contributed by atoms with Gasteiger partial charge in [-0.1, -0.05) is 6.07 Å². The van der Waals surface area contributed by atoms with Crippen LogP contribution in [0.2, 0.25) is 0 Å². The number of fused-ring (bicyclic) bond motifs is 1. The van der Waals surface area contributed by atoms with E-state index in [9.17, 15) is 0 Å². The molecule has 1 aromatic rings. The Kier molecular flexibility index (Phi) is 1.98. The molecule has 13 heavy (non-hydrogen) atoms. The maximum absolute atomic E-state index is 5.54. The minimum absolute atomic E-state index is 0.250. The summed E-state index contributed by atoms with van der Waals surface area (Å²) in [5.74, 6) is 2.05. The SMILES string of the molecule is COc1c(CN)ccc2c1OCO2. The highest BCUT2D eigenvalue weighted by Crippen LogP contribution is 2.42. The van der Waals surface area contributed by atoms with E-state index >= 15 is 0 Å². The molecule has 2 N–H and O–H groups in total. The second kappa shape index (κ2) is 3.14. The summed E-state index contributed by atoms with van der Waals surface area (Å²) < 4.78 is 15.7. The topological polar surface area (TPSA) is 53.7 Å². The van der Waals surface area contributed by atoms with Gasteiger partial charge in [0.25, 0.3) is 0 Å². The van der Waals surface area contributed by atoms with Crippen LogP contribution in [0.15, 0.2) is 12.1 Å². The van der Waals surface area contributed by atoms with Gasteiger partial charge in [0.2, 0.25) is 12.5 Å². The molecule has 1 aliphatic heterocycles. The van der Waals surface area contributed by atoms with E-state index in [0.29, 0.717) is 23.8 Å². The summed E-state index contributed by atoms with van der Waals surface area (Å²) >= 11 is 0. The van der Waals surface area contributed by atoms with Crippen molar-refractivity contribution in [2.45, 2.75) is 6.54 Å². The van der Waals surface area contributed by atoms with E-state index in [-0.39, 0.29) is 6.79 Å². The third-order valence-electron chi connectivity index (χ3n) is 2.00. The molecule has 0 aromatic heterocycles. The van der Waals surface area contributed by atoms with E-state index in [2.05, 4.69) is 0 Å². The minimum atomic E-state index is 0.250. The number of benzene rings is 1. The van der Waals surface area contributed by atoms with Gasteiger partial charge >= 0.3 is 0 Å². The van der Waals surface area contributed by atoms with Gasteiger partial charge in [-0.2, -0.15) is 0 Å². The molecule has 0 unspecified atom stereocenters. The van der Waals surface area contributed by atoms with Crippen LogP contribution >= 0.6 is 0 Å². The predicted molar refractivity (Wildman–Crippen MR) is 47.0 cm³/mol. The summed E-state index contributed by atoms with van der Waals surface area (Å²) in [4.78, 5) is 0. The van der Waals surface area contributed by atoms with E-state index in [1.54, 1.807) is 7.11 Å². The van der Waals surface area contributed by atoms with E-state index in [1.807, 2.05) is 12.1 Å².